The molecule has 0 fully saturated rings. The van der Waals surface area contributed by atoms with Gasteiger partial charge in [-0.3, -0.25) is 9.78 Å². The summed E-state index contributed by atoms with van der Waals surface area (Å²) < 4.78 is 0. The molecular weight excluding hydrogens is 252 g/mol. The lowest BCUT2D eigenvalue weighted by molar-refractivity contribution is 0.0951. The van der Waals surface area contributed by atoms with Gasteiger partial charge in [-0.1, -0.05) is 11.6 Å². The van der Waals surface area contributed by atoms with Crippen molar-refractivity contribution in [2.45, 2.75) is 6.54 Å². The van der Waals surface area contributed by atoms with Crippen LogP contribution in [0.1, 0.15) is 15.9 Å². The van der Waals surface area contributed by atoms with Gasteiger partial charge in [0.2, 0.25) is 0 Å². The van der Waals surface area contributed by atoms with E-state index in [1.807, 2.05) is 12.1 Å². The van der Waals surface area contributed by atoms with E-state index < -0.39 is 0 Å². The standard InChI is InChI=1S/C13H11ClN2O2/c14-11-7-10(1-2-12(11)17)13(18)16-8-9-3-5-15-6-4-9/h1-7,17H,8H2,(H,16,18). The summed E-state index contributed by atoms with van der Waals surface area (Å²) in [6, 6.07) is 7.99. The number of halogens is 1. The van der Waals surface area contributed by atoms with Gasteiger partial charge in [-0.25, -0.2) is 0 Å². The summed E-state index contributed by atoms with van der Waals surface area (Å²) in [6.45, 7) is 0.417. The number of aromatic hydroxyl groups is 1. The largest absolute Gasteiger partial charge is 0.506 e. The van der Waals surface area contributed by atoms with Crippen LogP contribution in [0.2, 0.25) is 5.02 Å². The molecule has 18 heavy (non-hydrogen) atoms. The van der Waals surface area contributed by atoms with E-state index in [1.165, 1.54) is 18.2 Å². The van der Waals surface area contributed by atoms with Gasteiger partial charge in [0.05, 0.1) is 5.02 Å². The first-order valence-electron chi connectivity index (χ1n) is 5.32. The molecule has 2 N–H and O–H groups in total. The zero-order valence-corrected chi connectivity index (χ0v) is 10.2. The lowest BCUT2D eigenvalue weighted by atomic mass is 10.2. The fourth-order valence-electron chi connectivity index (χ4n) is 1.43. The normalized spacial score (nSPS) is 10.1. The molecule has 0 atom stereocenters. The number of amides is 1. The van der Waals surface area contributed by atoms with Gasteiger partial charge in [0.15, 0.2) is 0 Å². The third kappa shape index (κ3) is 2.99. The second-order valence-corrected chi connectivity index (χ2v) is 4.11. The molecule has 0 unspecified atom stereocenters. The summed E-state index contributed by atoms with van der Waals surface area (Å²) in [6.07, 6.45) is 3.33. The first-order valence-corrected chi connectivity index (χ1v) is 5.70. The van der Waals surface area contributed by atoms with E-state index in [2.05, 4.69) is 10.3 Å². The lowest BCUT2D eigenvalue weighted by Gasteiger charge is -2.06. The number of phenolic OH excluding ortho intramolecular Hbond substituents is 1. The van der Waals surface area contributed by atoms with E-state index in [1.54, 1.807) is 12.4 Å². The van der Waals surface area contributed by atoms with Gasteiger partial charge in [-0.15, -0.1) is 0 Å². The van der Waals surface area contributed by atoms with E-state index in [-0.39, 0.29) is 16.7 Å². The maximum Gasteiger partial charge on any atom is 0.251 e. The molecule has 5 heteroatoms. The average molecular weight is 263 g/mol. The number of nitrogens with one attached hydrogen (secondary N) is 1. The van der Waals surface area contributed by atoms with Crippen molar-refractivity contribution in [3.05, 3.63) is 58.9 Å². The summed E-state index contributed by atoms with van der Waals surface area (Å²) in [7, 11) is 0. The molecule has 0 saturated carbocycles. The maximum absolute atomic E-state index is 11.8. The van der Waals surface area contributed by atoms with Crippen molar-refractivity contribution in [2.24, 2.45) is 0 Å². The van der Waals surface area contributed by atoms with E-state index in [0.29, 0.717) is 12.1 Å². The molecule has 0 aliphatic rings. The Kier molecular flexibility index (Phi) is 3.79. The van der Waals surface area contributed by atoms with Gasteiger partial charge >= 0.3 is 0 Å². The fraction of sp³-hybridized carbons (Fsp3) is 0.0769. The Labute approximate surface area is 109 Å². The Balaban J connectivity index is 2.02. The SMILES string of the molecule is O=C(NCc1ccncc1)c1ccc(O)c(Cl)c1. The molecule has 92 valence electrons. The number of pyridine rings is 1. The Morgan fingerprint density at radius 3 is 2.67 bits per heavy atom. The summed E-state index contributed by atoms with van der Waals surface area (Å²) in [5.41, 5.74) is 1.37. The monoisotopic (exact) mass is 262 g/mol. The molecule has 0 saturated heterocycles. The highest BCUT2D eigenvalue weighted by atomic mass is 35.5. The maximum atomic E-state index is 11.8. The number of carbonyl (C=O) groups is 1. The van der Waals surface area contributed by atoms with Gasteiger partial charge in [0.25, 0.3) is 5.91 Å². The molecule has 0 aliphatic heterocycles. The predicted molar refractivity (Wildman–Crippen MR) is 68.5 cm³/mol. The molecule has 4 nitrogen and oxygen atoms in total. The smallest absolute Gasteiger partial charge is 0.251 e. The number of rotatable bonds is 3. The second kappa shape index (κ2) is 5.51. The highest BCUT2D eigenvalue weighted by Crippen LogP contribution is 2.23. The van der Waals surface area contributed by atoms with Crippen LogP contribution in [0, 0.1) is 0 Å². The topological polar surface area (TPSA) is 62.2 Å². The van der Waals surface area contributed by atoms with Crippen molar-refractivity contribution in [2.75, 3.05) is 0 Å². The van der Waals surface area contributed by atoms with Crippen molar-refractivity contribution in [1.29, 1.82) is 0 Å². The molecule has 1 amide bonds. The van der Waals surface area contributed by atoms with E-state index in [9.17, 15) is 9.90 Å². The van der Waals surface area contributed by atoms with Crippen molar-refractivity contribution in [3.8, 4) is 5.75 Å². The number of hydrogen-bond donors (Lipinski definition) is 2. The lowest BCUT2D eigenvalue weighted by Crippen LogP contribution is -2.22. The molecule has 0 aliphatic carbocycles. The van der Waals surface area contributed by atoms with E-state index >= 15 is 0 Å². The Morgan fingerprint density at radius 1 is 1.28 bits per heavy atom. The molecule has 2 aromatic rings. The molecule has 1 aromatic carbocycles. The zero-order valence-electron chi connectivity index (χ0n) is 9.43. The van der Waals surface area contributed by atoms with Gasteiger partial charge in [0, 0.05) is 24.5 Å². The van der Waals surface area contributed by atoms with Crippen molar-refractivity contribution in [1.82, 2.24) is 10.3 Å². The molecule has 2 rings (SSSR count). The third-order valence-corrected chi connectivity index (χ3v) is 2.72. The zero-order chi connectivity index (χ0) is 13.0. The van der Waals surface area contributed by atoms with Crippen molar-refractivity contribution >= 4 is 17.5 Å². The van der Waals surface area contributed by atoms with Crippen LogP contribution in [-0.2, 0) is 6.54 Å². The number of nitrogens with zero attached hydrogens (tertiary/aromatic N) is 1. The van der Waals surface area contributed by atoms with Crippen LogP contribution in [0.3, 0.4) is 0 Å². The molecular formula is C13H11ClN2O2. The van der Waals surface area contributed by atoms with Gasteiger partial charge in [-0.2, -0.15) is 0 Å². The van der Waals surface area contributed by atoms with Crippen LogP contribution in [-0.4, -0.2) is 16.0 Å². The van der Waals surface area contributed by atoms with Crippen LogP contribution in [0.15, 0.2) is 42.7 Å². The van der Waals surface area contributed by atoms with Gasteiger partial charge in [0.1, 0.15) is 5.75 Å². The highest BCUT2D eigenvalue weighted by molar-refractivity contribution is 6.32. The van der Waals surface area contributed by atoms with Crippen LogP contribution in [0.4, 0.5) is 0 Å². The summed E-state index contributed by atoms with van der Waals surface area (Å²) >= 11 is 5.74. The average Bonchev–Trinajstić information content (AvgIpc) is 2.40. The number of aromatic nitrogens is 1. The van der Waals surface area contributed by atoms with E-state index in [0.717, 1.165) is 5.56 Å². The molecule has 0 spiro atoms. The van der Waals surface area contributed by atoms with Crippen LogP contribution < -0.4 is 5.32 Å². The number of hydrogen-bond acceptors (Lipinski definition) is 3. The minimum Gasteiger partial charge on any atom is -0.506 e. The van der Waals surface area contributed by atoms with Crippen LogP contribution >= 0.6 is 11.6 Å². The first kappa shape index (κ1) is 12.4. The third-order valence-electron chi connectivity index (χ3n) is 2.41. The minimum absolute atomic E-state index is 0.0395. The Morgan fingerprint density at radius 2 is 2.00 bits per heavy atom. The van der Waals surface area contributed by atoms with Gasteiger partial charge < -0.3 is 10.4 Å². The number of carbonyl (C=O) groups excluding carboxylic acids is 1. The quantitative estimate of drug-likeness (QED) is 0.893. The summed E-state index contributed by atoms with van der Waals surface area (Å²) in [5, 5.41) is 12.2. The van der Waals surface area contributed by atoms with Crippen molar-refractivity contribution in [3.63, 3.8) is 0 Å². The van der Waals surface area contributed by atoms with E-state index in [4.69, 9.17) is 11.6 Å². The van der Waals surface area contributed by atoms with Crippen molar-refractivity contribution < 1.29 is 9.90 Å². The number of phenols is 1. The first-order chi connectivity index (χ1) is 8.66. The van der Waals surface area contributed by atoms with Gasteiger partial charge in [-0.05, 0) is 35.9 Å². The molecule has 1 heterocycles. The Bertz CT molecular complexity index is 558. The molecule has 0 bridgehead atoms. The molecule has 0 radical (unpaired) electrons. The summed E-state index contributed by atoms with van der Waals surface area (Å²) in [5.74, 6) is -0.281. The highest BCUT2D eigenvalue weighted by Gasteiger charge is 2.07. The predicted octanol–water partition coefficient (Wildman–Crippen LogP) is 2.37. The van der Waals surface area contributed by atoms with Crippen LogP contribution in [0.25, 0.3) is 0 Å². The Hall–Kier alpha value is -2.07. The van der Waals surface area contributed by atoms with Crippen LogP contribution in [0.5, 0.6) is 5.75 Å². The summed E-state index contributed by atoms with van der Waals surface area (Å²) in [4.78, 5) is 15.7. The second-order valence-electron chi connectivity index (χ2n) is 3.70. The molecule has 1 aromatic heterocycles. The number of benzene rings is 1. The minimum atomic E-state index is -0.242. The fourth-order valence-corrected chi connectivity index (χ4v) is 1.61.